The van der Waals surface area contributed by atoms with Gasteiger partial charge in [-0.15, -0.1) is 24.8 Å². The highest BCUT2D eigenvalue weighted by molar-refractivity contribution is 5.85. The first-order chi connectivity index (χ1) is 8.80. The number of halogens is 2. The maximum absolute atomic E-state index is 11.9. The van der Waals surface area contributed by atoms with Gasteiger partial charge in [-0.1, -0.05) is 34.1 Å². The molecule has 0 spiro atoms. The molecule has 1 unspecified atom stereocenters. The molecule has 1 aliphatic heterocycles. The molecule has 1 amide bonds. The Labute approximate surface area is 142 Å². The minimum absolute atomic E-state index is 0. The number of carbonyl (C=O) groups excluding carboxylic acids is 1. The van der Waals surface area contributed by atoms with Crippen LogP contribution in [-0.4, -0.2) is 43.0 Å². The van der Waals surface area contributed by atoms with Gasteiger partial charge in [0, 0.05) is 13.1 Å². The first-order valence-corrected chi connectivity index (χ1v) is 7.56. The average molecular weight is 342 g/mol. The van der Waals surface area contributed by atoms with Crippen LogP contribution in [0.15, 0.2) is 0 Å². The monoisotopic (exact) mass is 341 g/mol. The van der Waals surface area contributed by atoms with Crippen LogP contribution >= 0.6 is 24.8 Å². The second-order valence-electron chi connectivity index (χ2n) is 7.06. The summed E-state index contributed by atoms with van der Waals surface area (Å²) >= 11 is 0. The molecule has 3 N–H and O–H groups in total. The SMILES string of the molecule is CC(CNC(=O)[C@@H](N)C(C)(C)C)CN1CCCCC1.Cl.Cl. The molecular weight excluding hydrogens is 309 g/mol. The molecule has 0 bridgehead atoms. The quantitative estimate of drug-likeness (QED) is 0.807. The van der Waals surface area contributed by atoms with Gasteiger partial charge in [-0.25, -0.2) is 0 Å². The number of amides is 1. The second kappa shape index (κ2) is 10.7. The topological polar surface area (TPSA) is 58.4 Å². The van der Waals surface area contributed by atoms with Gasteiger partial charge in [-0.2, -0.15) is 0 Å². The van der Waals surface area contributed by atoms with E-state index in [-0.39, 0.29) is 36.1 Å². The third kappa shape index (κ3) is 8.87. The predicted molar refractivity (Wildman–Crippen MR) is 94.4 cm³/mol. The molecule has 0 aliphatic carbocycles. The molecule has 0 aromatic carbocycles. The molecule has 0 saturated carbocycles. The molecule has 1 rings (SSSR count). The molecule has 128 valence electrons. The van der Waals surface area contributed by atoms with Gasteiger partial charge in [0.05, 0.1) is 6.04 Å². The molecule has 4 nitrogen and oxygen atoms in total. The maximum atomic E-state index is 11.9. The van der Waals surface area contributed by atoms with Crippen molar-refractivity contribution in [3.05, 3.63) is 0 Å². The smallest absolute Gasteiger partial charge is 0.237 e. The first-order valence-electron chi connectivity index (χ1n) is 7.56. The summed E-state index contributed by atoms with van der Waals surface area (Å²) in [6.45, 7) is 12.4. The van der Waals surface area contributed by atoms with Crippen molar-refractivity contribution in [2.75, 3.05) is 26.2 Å². The number of nitrogens with one attached hydrogen (secondary N) is 1. The third-order valence-electron chi connectivity index (χ3n) is 3.86. The summed E-state index contributed by atoms with van der Waals surface area (Å²) in [5.41, 5.74) is 5.76. The molecule has 0 aromatic rings. The molecule has 1 aliphatic rings. The molecular formula is C15H33Cl2N3O. The fourth-order valence-corrected chi connectivity index (χ4v) is 2.43. The summed E-state index contributed by atoms with van der Waals surface area (Å²) in [5, 5.41) is 2.99. The Bertz CT molecular complexity index is 289. The van der Waals surface area contributed by atoms with Crippen LogP contribution in [0, 0.1) is 11.3 Å². The Morgan fingerprint density at radius 1 is 1.19 bits per heavy atom. The number of hydrogen-bond donors (Lipinski definition) is 2. The number of piperidine rings is 1. The Morgan fingerprint density at radius 2 is 1.71 bits per heavy atom. The van der Waals surface area contributed by atoms with E-state index in [0.717, 1.165) is 13.1 Å². The summed E-state index contributed by atoms with van der Waals surface area (Å²) in [7, 11) is 0. The van der Waals surface area contributed by atoms with Crippen LogP contribution in [0.3, 0.4) is 0 Å². The number of likely N-dealkylation sites (tertiary alicyclic amines) is 1. The Morgan fingerprint density at radius 3 is 2.19 bits per heavy atom. The van der Waals surface area contributed by atoms with Crippen molar-refractivity contribution in [2.24, 2.45) is 17.1 Å². The molecule has 1 heterocycles. The lowest BCUT2D eigenvalue weighted by Gasteiger charge is -2.30. The van der Waals surface area contributed by atoms with E-state index >= 15 is 0 Å². The molecule has 21 heavy (non-hydrogen) atoms. The minimum atomic E-state index is -0.435. The zero-order valence-electron chi connectivity index (χ0n) is 13.9. The lowest BCUT2D eigenvalue weighted by atomic mass is 9.87. The molecule has 2 atom stereocenters. The molecule has 6 heteroatoms. The third-order valence-corrected chi connectivity index (χ3v) is 3.86. The number of carbonyl (C=O) groups is 1. The van der Waals surface area contributed by atoms with Gasteiger partial charge in [0.1, 0.15) is 0 Å². The van der Waals surface area contributed by atoms with Crippen LogP contribution in [0.25, 0.3) is 0 Å². The van der Waals surface area contributed by atoms with Gasteiger partial charge >= 0.3 is 0 Å². The number of nitrogens with two attached hydrogens (primary N) is 1. The summed E-state index contributed by atoms with van der Waals surface area (Å²) in [5.74, 6) is 0.451. The van der Waals surface area contributed by atoms with Crippen molar-refractivity contribution in [2.45, 2.75) is 53.0 Å². The van der Waals surface area contributed by atoms with Crippen molar-refractivity contribution >= 4 is 30.7 Å². The fraction of sp³-hybridized carbons (Fsp3) is 0.933. The number of nitrogens with zero attached hydrogens (tertiary/aromatic N) is 1. The van der Waals surface area contributed by atoms with Crippen molar-refractivity contribution in [1.82, 2.24) is 10.2 Å². The van der Waals surface area contributed by atoms with Gasteiger partial charge in [-0.05, 0) is 37.3 Å². The molecule has 1 fully saturated rings. The van der Waals surface area contributed by atoms with E-state index in [9.17, 15) is 4.79 Å². The van der Waals surface area contributed by atoms with E-state index in [0.29, 0.717) is 5.92 Å². The average Bonchev–Trinajstić information content (AvgIpc) is 2.35. The fourth-order valence-electron chi connectivity index (χ4n) is 2.43. The van der Waals surface area contributed by atoms with Crippen LogP contribution in [0.5, 0.6) is 0 Å². The predicted octanol–water partition coefficient (Wildman–Crippen LogP) is 2.44. The van der Waals surface area contributed by atoms with Gasteiger partial charge in [-0.3, -0.25) is 4.79 Å². The van der Waals surface area contributed by atoms with E-state index in [4.69, 9.17) is 5.73 Å². The summed E-state index contributed by atoms with van der Waals surface area (Å²) in [6.07, 6.45) is 3.99. The summed E-state index contributed by atoms with van der Waals surface area (Å²) in [6, 6.07) is -0.435. The van der Waals surface area contributed by atoms with Crippen molar-refractivity contribution in [3.63, 3.8) is 0 Å². The zero-order valence-corrected chi connectivity index (χ0v) is 15.5. The van der Waals surface area contributed by atoms with Gasteiger partial charge in [0.25, 0.3) is 0 Å². The number of rotatable bonds is 5. The lowest BCUT2D eigenvalue weighted by Crippen LogP contribution is -2.50. The van der Waals surface area contributed by atoms with Crippen molar-refractivity contribution in [1.29, 1.82) is 0 Å². The van der Waals surface area contributed by atoms with E-state index in [1.54, 1.807) is 0 Å². The van der Waals surface area contributed by atoms with Gasteiger partial charge < -0.3 is 16.0 Å². The van der Waals surface area contributed by atoms with Gasteiger partial charge in [0.15, 0.2) is 0 Å². The Kier molecular flexibility index (Phi) is 11.8. The standard InChI is InChI=1S/C15H31N3O.2ClH/c1-12(11-18-8-6-5-7-9-18)10-17-14(19)13(16)15(2,3)4;;/h12-13H,5-11,16H2,1-4H3,(H,17,19);2*1H/t12?,13-;;/m1../s1. The summed E-state index contributed by atoms with van der Waals surface area (Å²) < 4.78 is 0. The molecule has 1 saturated heterocycles. The minimum Gasteiger partial charge on any atom is -0.354 e. The van der Waals surface area contributed by atoms with E-state index in [2.05, 4.69) is 17.1 Å². The van der Waals surface area contributed by atoms with Crippen LogP contribution in [0.1, 0.15) is 47.0 Å². The van der Waals surface area contributed by atoms with E-state index < -0.39 is 6.04 Å². The van der Waals surface area contributed by atoms with Crippen molar-refractivity contribution in [3.8, 4) is 0 Å². The first kappa shape index (κ1) is 23.2. The van der Waals surface area contributed by atoms with Crippen LogP contribution in [-0.2, 0) is 4.79 Å². The van der Waals surface area contributed by atoms with Crippen LogP contribution < -0.4 is 11.1 Å². The molecule has 0 aromatic heterocycles. The highest BCUT2D eigenvalue weighted by Crippen LogP contribution is 2.17. The normalized spacial score (nSPS) is 18.9. The Balaban J connectivity index is 0. The van der Waals surface area contributed by atoms with E-state index in [1.165, 1.54) is 32.4 Å². The van der Waals surface area contributed by atoms with Crippen LogP contribution in [0.4, 0.5) is 0 Å². The Hall–Kier alpha value is -0.0300. The van der Waals surface area contributed by atoms with Gasteiger partial charge in [0.2, 0.25) is 5.91 Å². The van der Waals surface area contributed by atoms with Crippen LogP contribution in [0.2, 0.25) is 0 Å². The zero-order chi connectivity index (χ0) is 14.5. The maximum Gasteiger partial charge on any atom is 0.237 e. The molecule has 0 radical (unpaired) electrons. The van der Waals surface area contributed by atoms with Crippen molar-refractivity contribution < 1.29 is 4.79 Å². The highest BCUT2D eigenvalue weighted by atomic mass is 35.5. The second-order valence-corrected chi connectivity index (χ2v) is 7.06. The largest absolute Gasteiger partial charge is 0.354 e. The summed E-state index contributed by atoms with van der Waals surface area (Å²) in [4.78, 5) is 14.4. The van der Waals surface area contributed by atoms with E-state index in [1.807, 2.05) is 20.8 Å². The highest BCUT2D eigenvalue weighted by Gasteiger charge is 2.27. The lowest BCUT2D eigenvalue weighted by molar-refractivity contribution is -0.124. The number of hydrogen-bond acceptors (Lipinski definition) is 3.